The van der Waals surface area contributed by atoms with Crippen molar-refractivity contribution in [3.05, 3.63) is 0 Å². The number of ether oxygens (including phenoxy) is 1. The van der Waals surface area contributed by atoms with Gasteiger partial charge in [-0.1, -0.05) is 27.7 Å². The largest absolute Gasteiger partial charge is 0.378 e. The van der Waals surface area contributed by atoms with Crippen LogP contribution in [0.3, 0.4) is 0 Å². The average Bonchev–Trinajstić information content (AvgIpc) is 1.82. The topological polar surface area (TPSA) is 9.23 Å². The zero-order valence-electron chi connectivity index (χ0n) is 7.85. The van der Waals surface area contributed by atoms with Gasteiger partial charge in [-0.15, -0.1) is 0 Å². The maximum Gasteiger partial charge on any atom is 0.0570 e. The lowest BCUT2D eigenvalue weighted by atomic mass is 10.1. The van der Waals surface area contributed by atoms with Gasteiger partial charge in [-0.25, -0.2) is 0 Å². The van der Waals surface area contributed by atoms with Crippen molar-refractivity contribution in [2.24, 2.45) is 11.8 Å². The Bertz CT molecular complexity index is 76.8. The molecule has 0 heterocycles. The highest BCUT2D eigenvalue weighted by Crippen LogP contribution is 2.06. The Morgan fingerprint density at radius 1 is 1.00 bits per heavy atom. The van der Waals surface area contributed by atoms with Gasteiger partial charge in [-0.05, 0) is 18.8 Å². The van der Waals surface area contributed by atoms with E-state index in [1.165, 1.54) is 0 Å². The highest BCUT2D eigenvalue weighted by molar-refractivity contribution is 4.54. The van der Waals surface area contributed by atoms with E-state index in [2.05, 4.69) is 34.6 Å². The Labute approximate surface area is 64.8 Å². The van der Waals surface area contributed by atoms with Crippen LogP contribution in [0.1, 0.15) is 34.6 Å². The minimum Gasteiger partial charge on any atom is -0.378 e. The normalized spacial score (nSPS) is 14.7. The molecule has 1 nitrogen and oxygen atoms in total. The molecule has 0 N–H and O–H groups in total. The maximum absolute atomic E-state index is 5.56. The summed E-state index contributed by atoms with van der Waals surface area (Å²) in [7, 11) is 0. The molecular formula is C9H20O. The predicted molar refractivity (Wildman–Crippen MR) is 45.1 cm³/mol. The summed E-state index contributed by atoms with van der Waals surface area (Å²) in [5.74, 6) is 1.29. The quantitative estimate of drug-likeness (QED) is 0.589. The third kappa shape index (κ3) is 4.80. The molecule has 0 fully saturated rings. The van der Waals surface area contributed by atoms with Gasteiger partial charge in [0.25, 0.3) is 0 Å². The van der Waals surface area contributed by atoms with E-state index in [-0.39, 0.29) is 0 Å². The van der Waals surface area contributed by atoms with Crippen LogP contribution in [0.2, 0.25) is 0 Å². The van der Waals surface area contributed by atoms with Crippen LogP contribution in [0, 0.1) is 11.8 Å². The van der Waals surface area contributed by atoms with Crippen molar-refractivity contribution in [3.63, 3.8) is 0 Å². The predicted octanol–water partition coefficient (Wildman–Crippen LogP) is 2.70. The molecule has 0 rings (SSSR count). The van der Waals surface area contributed by atoms with Crippen LogP contribution in [0.4, 0.5) is 0 Å². The summed E-state index contributed by atoms with van der Waals surface area (Å²) >= 11 is 0. The number of hydrogen-bond acceptors (Lipinski definition) is 1. The van der Waals surface area contributed by atoms with Crippen LogP contribution in [0.15, 0.2) is 0 Å². The van der Waals surface area contributed by atoms with E-state index in [4.69, 9.17) is 4.74 Å². The zero-order chi connectivity index (χ0) is 8.15. The Balaban J connectivity index is 3.30. The molecule has 62 valence electrons. The summed E-state index contributed by atoms with van der Waals surface area (Å²) in [6.07, 6.45) is 0.405. The molecule has 0 aliphatic rings. The molecule has 1 atom stereocenters. The summed E-state index contributed by atoms with van der Waals surface area (Å²) in [5, 5.41) is 0. The van der Waals surface area contributed by atoms with Crippen molar-refractivity contribution < 1.29 is 4.74 Å². The van der Waals surface area contributed by atoms with Crippen LogP contribution in [-0.4, -0.2) is 12.7 Å². The van der Waals surface area contributed by atoms with Gasteiger partial charge in [0.2, 0.25) is 0 Å². The molecule has 0 aliphatic carbocycles. The van der Waals surface area contributed by atoms with E-state index in [1.807, 2.05) is 0 Å². The minimum atomic E-state index is 0.405. The smallest absolute Gasteiger partial charge is 0.0570 e. The first-order valence-electron chi connectivity index (χ1n) is 4.15. The fourth-order valence-corrected chi connectivity index (χ4v) is 0.537. The first-order chi connectivity index (χ1) is 4.54. The van der Waals surface area contributed by atoms with Crippen LogP contribution >= 0.6 is 0 Å². The van der Waals surface area contributed by atoms with Gasteiger partial charge in [-0.2, -0.15) is 0 Å². The molecule has 0 radical (unpaired) electrons. The highest BCUT2D eigenvalue weighted by Gasteiger charge is 2.06. The van der Waals surface area contributed by atoms with Crippen LogP contribution in [-0.2, 0) is 4.74 Å². The van der Waals surface area contributed by atoms with Crippen molar-refractivity contribution in [1.29, 1.82) is 0 Å². The van der Waals surface area contributed by atoms with E-state index >= 15 is 0 Å². The molecule has 10 heavy (non-hydrogen) atoms. The van der Waals surface area contributed by atoms with Gasteiger partial charge < -0.3 is 4.74 Å². The third-order valence-corrected chi connectivity index (χ3v) is 1.63. The lowest BCUT2D eigenvalue weighted by molar-refractivity contribution is 0.0199. The molecule has 1 heteroatoms. The van der Waals surface area contributed by atoms with Crippen molar-refractivity contribution >= 4 is 0 Å². The molecule has 0 spiro atoms. The molecule has 0 saturated carbocycles. The van der Waals surface area contributed by atoms with Crippen LogP contribution < -0.4 is 0 Å². The third-order valence-electron chi connectivity index (χ3n) is 1.63. The summed E-state index contributed by atoms with van der Waals surface area (Å²) in [4.78, 5) is 0. The monoisotopic (exact) mass is 144 g/mol. The summed E-state index contributed by atoms with van der Waals surface area (Å²) in [5.41, 5.74) is 0. The first kappa shape index (κ1) is 9.96. The van der Waals surface area contributed by atoms with Gasteiger partial charge >= 0.3 is 0 Å². The molecule has 0 saturated heterocycles. The average molecular weight is 144 g/mol. The SMILES string of the molecule is CC(C)COC(C)C(C)C. The van der Waals surface area contributed by atoms with Crippen molar-refractivity contribution in [1.82, 2.24) is 0 Å². The van der Waals surface area contributed by atoms with Crippen LogP contribution in [0.5, 0.6) is 0 Å². The molecule has 1 unspecified atom stereocenters. The van der Waals surface area contributed by atoms with Gasteiger partial charge in [0.1, 0.15) is 0 Å². The van der Waals surface area contributed by atoms with Gasteiger partial charge in [0.15, 0.2) is 0 Å². The molecular weight excluding hydrogens is 124 g/mol. The fourth-order valence-electron chi connectivity index (χ4n) is 0.537. The van der Waals surface area contributed by atoms with Crippen molar-refractivity contribution in [2.45, 2.75) is 40.7 Å². The van der Waals surface area contributed by atoms with E-state index in [0.29, 0.717) is 17.9 Å². The van der Waals surface area contributed by atoms with Gasteiger partial charge in [0, 0.05) is 6.61 Å². The lowest BCUT2D eigenvalue weighted by Gasteiger charge is -2.17. The van der Waals surface area contributed by atoms with Crippen LogP contribution in [0.25, 0.3) is 0 Å². The highest BCUT2D eigenvalue weighted by atomic mass is 16.5. The van der Waals surface area contributed by atoms with E-state index in [1.54, 1.807) is 0 Å². The fraction of sp³-hybridized carbons (Fsp3) is 1.00. The van der Waals surface area contributed by atoms with Crippen molar-refractivity contribution in [3.8, 4) is 0 Å². The second kappa shape index (κ2) is 4.73. The molecule has 0 aromatic heterocycles. The van der Waals surface area contributed by atoms with Gasteiger partial charge in [-0.3, -0.25) is 0 Å². The summed E-state index contributed by atoms with van der Waals surface area (Å²) in [6, 6.07) is 0. The minimum absolute atomic E-state index is 0.405. The molecule has 0 bridgehead atoms. The van der Waals surface area contributed by atoms with Gasteiger partial charge in [0.05, 0.1) is 6.10 Å². The lowest BCUT2D eigenvalue weighted by Crippen LogP contribution is -2.18. The van der Waals surface area contributed by atoms with Crippen molar-refractivity contribution in [2.75, 3.05) is 6.61 Å². The standard InChI is InChI=1S/C9H20O/c1-7(2)6-10-9(5)8(3)4/h7-9H,6H2,1-5H3. The molecule has 0 aliphatic heterocycles. The summed E-state index contributed by atoms with van der Waals surface area (Å²) < 4.78 is 5.56. The summed E-state index contributed by atoms with van der Waals surface area (Å²) in [6.45, 7) is 11.7. The van der Waals surface area contributed by atoms with E-state index in [9.17, 15) is 0 Å². The number of hydrogen-bond donors (Lipinski definition) is 0. The Hall–Kier alpha value is -0.0400. The first-order valence-corrected chi connectivity index (χ1v) is 4.15. The maximum atomic E-state index is 5.56. The second-order valence-electron chi connectivity index (χ2n) is 3.68. The Kier molecular flexibility index (Phi) is 4.71. The van der Waals surface area contributed by atoms with E-state index < -0.39 is 0 Å². The molecule has 0 aromatic rings. The number of rotatable bonds is 4. The second-order valence-corrected chi connectivity index (χ2v) is 3.68. The zero-order valence-corrected chi connectivity index (χ0v) is 7.85. The van der Waals surface area contributed by atoms with E-state index in [0.717, 1.165) is 6.61 Å². The Morgan fingerprint density at radius 3 is 1.80 bits per heavy atom. The molecule has 0 amide bonds. The Morgan fingerprint density at radius 2 is 1.50 bits per heavy atom. The molecule has 0 aromatic carbocycles.